The Hall–Kier alpha value is -1.91. The zero-order valence-corrected chi connectivity index (χ0v) is 12.3. The van der Waals surface area contributed by atoms with Crippen molar-refractivity contribution in [3.63, 3.8) is 0 Å². The molecule has 0 aromatic heterocycles. The van der Waals surface area contributed by atoms with Crippen LogP contribution in [0.3, 0.4) is 0 Å². The highest BCUT2D eigenvalue weighted by Crippen LogP contribution is 2.36. The monoisotopic (exact) mass is 305 g/mol. The van der Waals surface area contributed by atoms with Crippen LogP contribution in [0.25, 0.3) is 0 Å². The summed E-state index contributed by atoms with van der Waals surface area (Å²) in [7, 11) is 0. The van der Waals surface area contributed by atoms with E-state index in [1.165, 1.54) is 0 Å². The summed E-state index contributed by atoms with van der Waals surface area (Å²) in [5.74, 6) is 2.11. The molecule has 2 aromatic carbocycles. The van der Waals surface area contributed by atoms with Crippen LogP contribution in [0.2, 0.25) is 5.02 Å². The molecule has 1 heterocycles. The summed E-state index contributed by atoms with van der Waals surface area (Å²) in [5, 5.41) is 0.685. The van der Waals surface area contributed by atoms with Crippen LogP contribution in [0.1, 0.15) is 18.6 Å². The first-order chi connectivity index (χ1) is 10.1. The first kappa shape index (κ1) is 14.0. The number of benzene rings is 2. The van der Waals surface area contributed by atoms with Crippen LogP contribution in [0, 0.1) is 0 Å². The van der Waals surface area contributed by atoms with Gasteiger partial charge < -0.3 is 19.9 Å². The number of ether oxygens (including phenoxy) is 3. The van der Waals surface area contributed by atoms with Crippen molar-refractivity contribution in [2.24, 2.45) is 5.73 Å². The summed E-state index contributed by atoms with van der Waals surface area (Å²) >= 11 is 5.92. The van der Waals surface area contributed by atoms with Gasteiger partial charge >= 0.3 is 0 Å². The van der Waals surface area contributed by atoms with E-state index < -0.39 is 0 Å². The number of hydrogen-bond donors (Lipinski definition) is 1. The Balaban J connectivity index is 1.84. The molecule has 1 aliphatic heterocycles. The molecular formula is C16H16ClNO3. The lowest BCUT2D eigenvalue weighted by Gasteiger charge is -2.23. The van der Waals surface area contributed by atoms with Gasteiger partial charge in [-0.25, -0.2) is 0 Å². The van der Waals surface area contributed by atoms with Gasteiger partial charge in [0.05, 0.1) is 0 Å². The number of hydrogen-bond acceptors (Lipinski definition) is 4. The molecule has 0 saturated carbocycles. The minimum absolute atomic E-state index is 0.170. The molecule has 0 fully saturated rings. The lowest BCUT2D eigenvalue weighted by atomic mass is 10.0. The molecule has 2 atom stereocenters. The van der Waals surface area contributed by atoms with Crippen LogP contribution >= 0.6 is 11.6 Å². The lowest BCUT2D eigenvalue weighted by molar-refractivity contribution is 0.171. The molecule has 3 rings (SSSR count). The molecule has 0 saturated heterocycles. The van der Waals surface area contributed by atoms with Crippen molar-refractivity contribution < 1.29 is 14.2 Å². The fraction of sp³-hybridized carbons (Fsp3) is 0.250. The lowest BCUT2D eigenvalue weighted by Crippen LogP contribution is -2.29. The Bertz CT molecular complexity index is 628. The SMILES string of the molecule is CC(N)C(Oc1ccc2c(c1)OCO2)c1ccc(Cl)cc1. The Labute approximate surface area is 128 Å². The Morgan fingerprint density at radius 3 is 2.52 bits per heavy atom. The van der Waals surface area contributed by atoms with Crippen LogP contribution in [0.4, 0.5) is 0 Å². The largest absolute Gasteiger partial charge is 0.484 e. The van der Waals surface area contributed by atoms with Crippen LogP contribution in [0.5, 0.6) is 17.2 Å². The first-order valence-corrected chi connectivity index (χ1v) is 7.08. The Morgan fingerprint density at radius 1 is 1.10 bits per heavy atom. The fourth-order valence-corrected chi connectivity index (χ4v) is 2.35. The summed E-state index contributed by atoms with van der Waals surface area (Å²) in [6, 6.07) is 12.8. The van der Waals surface area contributed by atoms with Crippen molar-refractivity contribution in [1.82, 2.24) is 0 Å². The van der Waals surface area contributed by atoms with Crippen molar-refractivity contribution in [2.45, 2.75) is 19.1 Å². The average Bonchev–Trinajstić information content (AvgIpc) is 2.93. The maximum absolute atomic E-state index is 6.05. The molecule has 110 valence electrons. The number of rotatable bonds is 4. The highest BCUT2D eigenvalue weighted by atomic mass is 35.5. The Kier molecular flexibility index (Phi) is 3.90. The van der Waals surface area contributed by atoms with E-state index in [0.29, 0.717) is 16.5 Å². The van der Waals surface area contributed by atoms with E-state index in [2.05, 4.69) is 0 Å². The van der Waals surface area contributed by atoms with E-state index in [1.54, 1.807) is 0 Å². The standard InChI is InChI=1S/C16H16ClNO3/c1-10(18)16(11-2-4-12(17)5-3-11)21-13-6-7-14-15(8-13)20-9-19-14/h2-8,10,16H,9,18H2,1H3. The highest BCUT2D eigenvalue weighted by Gasteiger charge is 2.20. The topological polar surface area (TPSA) is 53.7 Å². The van der Waals surface area contributed by atoms with Gasteiger partial charge in [-0.2, -0.15) is 0 Å². The summed E-state index contributed by atoms with van der Waals surface area (Å²) < 4.78 is 16.7. The van der Waals surface area contributed by atoms with E-state index in [0.717, 1.165) is 11.3 Å². The molecule has 0 bridgehead atoms. The third-order valence-electron chi connectivity index (χ3n) is 3.28. The highest BCUT2D eigenvalue weighted by molar-refractivity contribution is 6.30. The summed E-state index contributed by atoms with van der Waals surface area (Å²) in [6.07, 6.45) is -0.261. The number of nitrogens with two attached hydrogens (primary N) is 1. The van der Waals surface area contributed by atoms with Crippen molar-refractivity contribution in [2.75, 3.05) is 6.79 Å². The van der Waals surface area contributed by atoms with Gasteiger partial charge in [0.25, 0.3) is 0 Å². The number of fused-ring (bicyclic) bond motifs is 1. The molecule has 21 heavy (non-hydrogen) atoms. The van der Waals surface area contributed by atoms with Crippen molar-refractivity contribution in [3.8, 4) is 17.2 Å². The Morgan fingerprint density at radius 2 is 1.81 bits per heavy atom. The van der Waals surface area contributed by atoms with Crippen molar-refractivity contribution in [3.05, 3.63) is 53.1 Å². The smallest absolute Gasteiger partial charge is 0.231 e. The zero-order chi connectivity index (χ0) is 14.8. The summed E-state index contributed by atoms with van der Waals surface area (Å²) in [5.41, 5.74) is 7.03. The van der Waals surface area contributed by atoms with Gasteiger partial charge in [-0.3, -0.25) is 0 Å². The van der Waals surface area contributed by atoms with Crippen molar-refractivity contribution in [1.29, 1.82) is 0 Å². The maximum atomic E-state index is 6.05. The van der Waals surface area contributed by atoms with Crippen molar-refractivity contribution >= 4 is 11.6 Å². The molecule has 0 aliphatic carbocycles. The van der Waals surface area contributed by atoms with Gasteiger partial charge in [-0.15, -0.1) is 0 Å². The fourth-order valence-electron chi connectivity index (χ4n) is 2.23. The van der Waals surface area contributed by atoms with E-state index in [1.807, 2.05) is 49.4 Å². The molecule has 0 spiro atoms. The normalized spacial score (nSPS) is 15.6. The molecule has 2 N–H and O–H groups in total. The number of halogens is 1. The molecule has 2 aromatic rings. The van der Waals surface area contributed by atoms with E-state index >= 15 is 0 Å². The second-order valence-corrected chi connectivity index (χ2v) is 5.40. The van der Waals surface area contributed by atoms with Gasteiger partial charge in [0.1, 0.15) is 11.9 Å². The second kappa shape index (κ2) is 5.84. The minimum atomic E-state index is -0.261. The molecule has 4 nitrogen and oxygen atoms in total. The molecule has 1 aliphatic rings. The predicted molar refractivity (Wildman–Crippen MR) is 81.0 cm³/mol. The van der Waals surface area contributed by atoms with Crippen LogP contribution in [0.15, 0.2) is 42.5 Å². The quantitative estimate of drug-likeness (QED) is 0.939. The van der Waals surface area contributed by atoms with Gasteiger partial charge in [0.15, 0.2) is 11.5 Å². The summed E-state index contributed by atoms with van der Waals surface area (Å²) in [4.78, 5) is 0. The maximum Gasteiger partial charge on any atom is 0.231 e. The molecular weight excluding hydrogens is 290 g/mol. The zero-order valence-electron chi connectivity index (χ0n) is 11.6. The third kappa shape index (κ3) is 3.06. The average molecular weight is 306 g/mol. The first-order valence-electron chi connectivity index (χ1n) is 6.71. The van der Waals surface area contributed by atoms with Gasteiger partial charge in [-0.05, 0) is 36.8 Å². The van der Waals surface area contributed by atoms with E-state index in [4.69, 9.17) is 31.5 Å². The predicted octanol–water partition coefficient (Wildman–Crippen LogP) is 3.54. The minimum Gasteiger partial charge on any atom is -0.484 e. The van der Waals surface area contributed by atoms with E-state index in [9.17, 15) is 0 Å². The van der Waals surface area contributed by atoms with Crippen LogP contribution in [-0.2, 0) is 0 Å². The third-order valence-corrected chi connectivity index (χ3v) is 3.54. The molecule has 0 amide bonds. The van der Waals surface area contributed by atoms with Gasteiger partial charge in [0.2, 0.25) is 6.79 Å². The van der Waals surface area contributed by atoms with E-state index in [-0.39, 0.29) is 18.9 Å². The molecule has 0 radical (unpaired) electrons. The van der Waals surface area contributed by atoms with Crippen LogP contribution in [-0.4, -0.2) is 12.8 Å². The molecule has 5 heteroatoms. The van der Waals surface area contributed by atoms with Gasteiger partial charge in [-0.1, -0.05) is 23.7 Å². The molecule has 2 unspecified atom stereocenters. The van der Waals surface area contributed by atoms with Gasteiger partial charge in [0, 0.05) is 17.1 Å². The van der Waals surface area contributed by atoms with Crippen LogP contribution < -0.4 is 19.9 Å². The second-order valence-electron chi connectivity index (χ2n) is 4.96. The summed E-state index contributed by atoms with van der Waals surface area (Å²) in [6.45, 7) is 2.15.